The molecule has 0 spiro atoms. The predicted octanol–water partition coefficient (Wildman–Crippen LogP) is 4.91. The van der Waals surface area contributed by atoms with Crippen molar-refractivity contribution in [2.75, 3.05) is 7.11 Å². The topological polar surface area (TPSA) is 122 Å². The molecule has 0 radical (unpaired) electrons. The normalized spacial score (nSPS) is 12.2. The van der Waals surface area contributed by atoms with Crippen LogP contribution in [0.15, 0.2) is 51.8 Å². The van der Waals surface area contributed by atoms with Crippen molar-refractivity contribution in [3.8, 4) is 22.8 Å². The third-order valence-electron chi connectivity index (χ3n) is 6.53. The first-order valence-corrected chi connectivity index (χ1v) is 12.1. The van der Waals surface area contributed by atoms with E-state index in [0.29, 0.717) is 44.9 Å². The van der Waals surface area contributed by atoms with Gasteiger partial charge in [-0.25, -0.2) is 4.98 Å². The predicted molar refractivity (Wildman–Crippen MR) is 145 cm³/mol. The minimum Gasteiger partial charge on any atom is -0.494 e. The van der Waals surface area contributed by atoms with Crippen LogP contribution in [-0.4, -0.2) is 27.8 Å². The van der Waals surface area contributed by atoms with Gasteiger partial charge in [-0.1, -0.05) is 0 Å². The van der Waals surface area contributed by atoms with Gasteiger partial charge in [0.05, 0.1) is 12.5 Å². The second-order valence-corrected chi connectivity index (χ2v) is 9.46. The third-order valence-corrected chi connectivity index (χ3v) is 6.53. The van der Waals surface area contributed by atoms with Gasteiger partial charge in [0.1, 0.15) is 28.7 Å². The second kappa shape index (κ2) is 9.33. The van der Waals surface area contributed by atoms with Crippen LogP contribution in [0.25, 0.3) is 33.2 Å². The van der Waals surface area contributed by atoms with Gasteiger partial charge in [-0.15, -0.1) is 0 Å². The monoisotopic (exact) mass is 512 g/mol. The zero-order chi connectivity index (χ0) is 27.3. The number of carbonyl (C=O) groups is 1. The molecule has 194 valence electrons. The molecule has 9 heteroatoms. The molecule has 5 rings (SSSR count). The number of nitrogens with zero attached hydrogens (tertiary/aromatic N) is 3. The number of hydrogen-bond acceptors (Lipinski definition) is 7. The summed E-state index contributed by atoms with van der Waals surface area (Å²) in [5.41, 5.74) is 9.91. The van der Waals surface area contributed by atoms with Crippen LogP contribution >= 0.6 is 0 Å². The molecule has 0 aliphatic carbocycles. The summed E-state index contributed by atoms with van der Waals surface area (Å²) in [4.78, 5) is 29.8. The average Bonchev–Trinajstić information content (AvgIpc) is 3.26. The Morgan fingerprint density at radius 1 is 1.11 bits per heavy atom. The van der Waals surface area contributed by atoms with Crippen LogP contribution in [0, 0.1) is 20.8 Å². The second-order valence-electron chi connectivity index (χ2n) is 9.46. The molecule has 0 bridgehead atoms. The van der Waals surface area contributed by atoms with Gasteiger partial charge in [-0.3, -0.25) is 14.3 Å². The molecule has 38 heavy (non-hydrogen) atoms. The van der Waals surface area contributed by atoms with Crippen LogP contribution in [0.2, 0.25) is 0 Å². The molecule has 1 atom stereocenters. The molecule has 0 saturated carbocycles. The summed E-state index contributed by atoms with van der Waals surface area (Å²) in [5.74, 6) is 0.575. The van der Waals surface area contributed by atoms with Gasteiger partial charge in [0.25, 0.3) is 5.91 Å². The number of fused-ring (bicyclic) bond motifs is 2. The van der Waals surface area contributed by atoms with Crippen molar-refractivity contribution >= 4 is 27.8 Å². The molecule has 5 aromatic rings. The molecule has 1 amide bonds. The summed E-state index contributed by atoms with van der Waals surface area (Å²) in [6.45, 7) is 7.24. The van der Waals surface area contributed by atoms with Crippen molar-refractivity contribution in [3.05, 3.63) is 80.9 Å². The Morgan fingerprint density at radius 3 is 2.58 bits per heavy atom. The van der Waals surface area contributed by atoms with Crippen LogP contribution in [0.1, 0.15) is 45.9 Å². The molecule has 0 aliphatic rings. The molecule has 2 aromatic carbocycles. The summed E-state index contributed by atoms with van der Waals surface area (Å²) in [6, 6.07) is 10.9. The van der Waals surface area contributed by atoms with Gasteiger partial charge in [0.2, 0.25) is 0 Å². The number of methoxy groups -OCH3 is 1. The third kappa shape index (κ3) is 4.26. The number of benzene rings is 2. The lowest BCUT2D eigenvalue weighted by Crippen LogP contribution is -2.17. The SMILES string of the molecule is COc1cc(-c2oc3c([C@@H](C)Oc4ccc(C)nc4C(N)=O)cc(C)cc3c(=O)c2C)cc2cn(C)nc12. The molecule has 3 aromatic heterocycles. The number of carbonyl (C=O) groups excluding carboxylic acids is 1. The fourth-order valence-electron chi connectivity index (χ4n) is 4.72. The quantitative estimate of drug-likeness (QED) is 0.343. The van der Waals surface area contributed by atoms with E-state index in [1.165, 1.54) is 0 Å². The summed E-state index contributed by atoms with van der Waals surface area (Å²) in [5, 5.41) is 5.77. The summed E-state index contributed by atoms with van der Waals surface area (Å²) in [7, 11) is 3.42. The van der Waals surface area contributed by atoms with Crippen molar-refractivity contribution in [2.45, 2.75) is 33.8 Å². The molecule has 0 saturated heterocycles. The van der Waals surface area contributed by atoms with E-state index in [1.54, 1.807) is 43.8 Å². The standard InChI is InChI=1S/C29H28N4O5/c1-14-9-20(17(4)37-22-8-7-15(2)31-25(22)29(30)35)28-21(10-14)26(34)16(3)27(38-28)18-11-19-13-33(5)32-24(19)23(12-18)36-6/h7-13,17H,1-6H3,(H2,30,35)/t17-/m1/s1. The van der Waals surface area contributed by atoms with Gasteiger partial charge in [0, 0.05) is 41.0 Å². The number of hydrogen-bond donors (Lipinski definition) is 1. The number of amides is 1. The van der Waals surface area contributed by atoms with Crippen molar-refractivity contribution in [1.82, 2.24) is 14.8 Å². The van der Waals surface area contributed by atoms with Gasteiger partial charge in [-0.05, 0) is 69.7 Å². The zero-order valence-electron chi connectivity index (χ0n) is 22.1. The minimum atomic E-state index is -0.686. The Kier molecular flexibility index (Phi) is 6.14. The number of pyridine rings is 1. The minimum absolute atomic E-state index is 0.0451. The smallest absolute Gasteiger partial charge is 0.271 e. The van der Waals surface area contributed by atoms with Gasteiger partial charge < -0.3 is 19.6 Å². The van der Waals surface area contributed by atoms with E-state index < -0.39 is 12.0 Å². The highest BCUT2D eigenvalue weighted by Crippen LogP contribution is 2.36. The maximum absolute atomic E-state index is 13.6. The first-order chi connectivity index (χ1) is 18.1. The van der Waals surface area contributed by atoms with E-state index in [9.17, 15) is 9.59 Å². The van der Waals surface area contributed by atoms with Crippen LogP contribution in [0.5, 0.6) is 11.5 Å². The largest absolute Gasteiger partial charge is 0.494 e. The molecule has 0 aliphatic heterocycles. The highest BCUT2D eigenvalue weighted by Gasteiger charge is 2.22. The number of ether oxygens (including phenoxy) is 2. The van der Waals surface area contributed by atoms with E-state index in [2.05, 4.69) is 10.1 Å². The van der Waals surface area contributed by atoms with Crippen molar-refractivity contribution in [1.29, 1.82) is 0 Å². The van der Waals surface area contributed by atoms with Crippen LogP contribution in [0.3, 0.4) is 0 Å². The maximum atomic E-state index is 13.6. The lowest BCUT2D eigenvalue weighted by molar-refractivity contribution is 0.0988. The molecule has 2 N–H and O–H groups in total. The highest BCUT2D eigenvalue weighted by molar-refractivity contribution is 5.94. The van der Waals surface area contributed by atoms with E-state index in [0.717, 1.165) is 16.5 Å². The summed E-state index contributed by atoms with van der Waals surface area (Å²) < 4.78 is 19.9. The van der Waals surface area contributed by atoms with Crippen molar-refractivity contribution in [3.63, 3.8) is 0 Å². The molecule has 0 fully saturated rings. The van der Waals surface area contributed by atoms with E-state index in [1.807, 2.05) is 45.3 Å². The van der Waals surface area contributed by atoms with E-state index in [-0.39, 0.29) is 16.9 Å². The van der Waals surface area contributed by atoms with Crippen LogP contribution in [-0.2, 0) is 7.05 Å². The lowest BCUT2D eigenvalue weighted by Gasteiger charge is -2.19. The van der Waals surface area contributed by atoms with Crippen molar-refractivity contribution < 1.29 is 18.7 Å². The fourth-order valence-corrected chi connectivity index (χ4v) is 4.72. The Labute approximate surface area is 218 Å². The number of aromatic nitrogens is 3. The maximum Gasteiger partial charge on any atom is 0.271 e. The Hall–Kier alpha value is -4.66. The highest BCUT2D eigenvalue weighted by atomic mass is 16.5. The van der Waals surface area contributed by atoms with E-state index >= 15 is 0 Å². The molecule has 0 unspecified atom stereocenters. The average molecular weight is 513 g/mol. The van der Waals surface area contributed by atoms with Crippen LogP contribution < -0.4 is 20.6 Å². The van der Waals surface area contributed by atoms with Crippen LogP contribution in [0.4, 0.5) is 0 Å². The van der Waals surface area contributed by atoms with E-state index in [4.69, 9.17) is 19.6 Å². The molecule has 9 nitrogen and oxygen atoms in total. The van der Waals surface area contributed by atoms with Crippen molar-refractivity contribution in [2.24, 2.45) is 12.8 Å². The molecule has 3 heterocycles. The Bertz CT molecular complexity index is 1800. The first kappa shape index (κ1) is 25.0. The number of nitrogens with two attached hydrogens (primary N) is 1. The summed E-state index contributed by atoms with van der Waals surface area (Å²) >= 11 is 0. The fraction of sp³-hybridized carbons (Fsp3) is 0.241. The number of rotatable bonds is 6. The first-order valence-electron chi connectivity index (χ1n) is 12.1. The molecular formula is C29H28N4O5. The molecular weight excluding hydrogens is 484 g/mol. The van der Waals surface area contributed by atoms with Gasteiger partial charge >= 0.3 is 0 Å². The number of primary amides is 1. The number of aryl methyl sites for hydroxylation is 3. The summed E-state index contributed by atoms with van der Waals surface area (Å²) in [6.07, 6.45) is 1.29. The Balaban J connectivity index is 1.70. The Morgan fingerprint density at radius 2 is 1.87 bits per heavy atom. The zero-order valence-corrected chi connectivity index (χ0v) is 22.1. The van der Waals surface area contributed by atoms with Gasteiger partial charge in [0.15, 0.2) is 16.9 Å². The lowest BCUT2D eigenvalue weighted by atomic mass is 9.99. The van der Waals surface area contributed by atoms with Gasteiger partial charge in [-0.2, -0.15) is 5.10 Å².